The van der Waals surface area contributed by atoms with Crippen LogP contribution in [0.4, 0.5) is 5.69 Å². The standard InChI is InChI=1S/C13H21N/c1-4-5-6-12(3)14-13-9-7-11(2)8-10-13/h7-10,12,14H,4-6H2,1-3H3/t12-/m0/s1. The monoisotopic (exact) mass is 191 g/mol. The van der Waals surface area contributed by atoms with Crippen LogP contribution in [0.1, 0.15) is 38.7 Å². The van der Waals surface area contributed by atoms with Gasteiger partial charge in [-0.2, -0.15) is 0 Å². The van der Waals surface area contributed by atoms with E-state index in [0.717, 1.165) is 0 Å². The minimum Gasteiger partial charge on any atom is -0.383 e. The van der Waals surface area contributed by atoms with Gasteiger partial charge >= 0.3 is 0 Å². The molecule has 1 heteroatoms. The Balaban J connectivity index is 2.39. The lowest BCUT2D eigenvalue weighted by atomic mass is 10.1. The highest BCUT2D eigenvalue weighted by Crippen LogP contribution is 2.12. The fourth-order valence-corrected chi connectivity index (χ4v) is 1.52. The summed E-state index contributed by atoms with van der Waals surface area (Å²) >= 11 is 0. The zero-order valence-electron chi connectivity index (χ0n) is 9.51. The summed E-state index contributed by atoms with van der Waals surface area (Å²) in [4.78, 5) is 0. The zero-order chi connectivity index (χ0) is 10.4. The first-order valence-electron chi connectivity index (χ1n) is 5.55. The van der Waals surface area contributed by atoms with Crippen LogP contribution in [0.2, 0.25) is 0 Å². The van der Waals surface area contributed by atoms with Crippen LogP contribution in [-0.2, 0) is 0 Å². The number of nitrogens with one attached hydrogen (secondary N) is 1. The van der Waals surface area contributed by atoms with E-state index in [0.29, 0.717) is 6.04 Å². The Morgan fingerprint density at radius 2 is 1.86 bits per heavy atom. The summed E-state index contributed by atoms with van der Waals surface area (Å²) in [6.07, 6.45) is 3.84. The summed E-state index contributed by atoms with van der Waals surface area (Å²) in [6, 6.07) is 9.18. The predicted molar refractivity (Wildman–Crippen MR) is 63.8 cm³/mol. The van der Waals surface area contributed by atoms with Gasteiger partial charge in [-0.15, -0.1) is 0 Å². The maximum absolute atomic E-state index is 3.50. The second kappa shape index (κ2) is 5.69. The van der Waals surface area contributed by atoms with E-state index in [1.54, 1.807) is 0 Å². The van der Waals surface area contributed by atoms with Crippen LogP contribution in [-0.4, -0.2) is 6.04 Å². The number of hydrogen-bond acceptors (Lipinski definition) is 1. The van der Waals surface area contributed by atoms with Crippen LogP contribution < -0.4 is 5.32 Å². The fourth-order valence-electron chi connectivity index (χ4n) is 1.52. The molecule has 1 atom stereocenters. The first kappa shape index (κ1) is 11.1. The Labute approximate surface area is 87.5 Å². The van der Waals surface area contributed by atoms with Crippen LogP contribution in [0.25, 0.3) is 0 Å². The maximum Gasteiger partial charge on any atom is 0.0342 e. The third kappa shape index (κ3) is 3.82. The summed E-state index contributed by atoms with van der Waals surface area (Å²) in [6.45, 7) is 6.60. The highest BCUT2D eigenvalue weighted by molar-refractivity contribution is 5.44. The third-order valence-electron chi connectivity index (χ3n) is 2.46. The Bertz CT molecular complexity index is 250. The van der Waals surface area contributed by atoms with Crippen molar-refractivity contribution in [1.82, 2.24) is 0 Å². The molecule has 1 N–H and O–H groups in total. The molecule has 0 aliphatic carbocycles. The molecule has 0 spiro atoms. The van der Waals surface area contributed by atoms with Gasteiger partial charge in [-0.1, -0.05) is 37.5 Å². The summed E-state index contributed by atoms with van der Waals surface area (Å²) < 4.78 is 0. The van der Waals surface area contributed by atoms with Crippen LogP contribution in [0.3, 0.4) is 0 Å². The van der Waals surface area contributed by atoms with Crippen molar-refractivity contribution in [2.75, 3.05) is 5.32 Å². The Morgan fingerprint density at radius 1 is 1.21 bits per heavy atom. The first-order valence-corrected chi connectivity index (χ1v) is 5.55. The van der Waals surface area contributed by atoms with Crippen LogP contribution in [0.15, 0.2) is 24.3 Å². The van der Waals surface area contributed by atoms with E-state index >= 15 is 0 Å². The molecule has 78 valence electrons. The predicted octanol–water partition coefficient (Wildman–Crippen LogP) is 3.99. The summed E-state index contributed by atoms with van der Waals surface area (Å²) in [5, 5.41) is 3.50. The zero-order valence-corrected chi connectivity index (χ0v) is 9.51. The highest BCUT2D eigenvalue weighted by Gasteiger charge is 2.00. The summed E-state index contributed by atoms with van der Waals surface area (Å²) in [5.74, 6) is 0. The van der Waals surface area contributed by atoms with Crippen LogP contribution in [0, 0.1) is 6.92 Å². The van der Waals surface area contributed by atoms with E-state index in [1.807, 2.05) is 0 Å². The average Bonchev–Trinajstić information content (AvgIpc) is 2.18. The lowest BCUT2D eigenvalue weighted by Gasteiger charge is -2.14. The normalized spacial score (nSPS) is 12.5. The van der Waals surface area contributed by atoms with Gasteiger partial charge in [0.05, 0.1) is 0 Å². The molecule has 0 aliphatic rings. The number of hydrogen-bond donors (Lipinski definition) is 1. The molecule has 0 aliphatic heterocycles. The number of unbranched alkanes of at least 4 members (excludes halogenated alkanes) is 1. The fraction of sp³-hybridized carbons (Fsp3) is 0.538. The molecule has 0 aromatic heterocycles. The molecule has 14 heavy (non-hydrogen) atoms. The Morgan fingerprint density at radius 3 is 2.43 bits per heavy atom. The molecule has 0 amide bonds. The van der Waals surface area contributed by atoms with E-state index in [2.05, 4.69) is 50.4 Å². The lowest BCUT2D eigenvalue weighted by Crippen LogP contribution is -2.14. The van der Waals surface area contributed by atoms with Gasteiger partial charge in [0.2, 0.25) is 0 Å². The van der Waals surface area contributed by atoms with E-state index in [4.69, 9.17) is 0 Å². The molecule has 1 rings (SSSR count). The molecular formula is C13H21N. The summed E-state index contributed by atoms with van der Waals surface area (Å²) in [5.41, 5.74) is 2.55. The van der Waals surface area contributed by atoms with E-state index < -0.39 is 0 Å². The van der Waals surface area contributed by atoms with Crippen molar-refractivity contribution in [3.05, 3.63) is 29.8 Å². The van der Waals surface area contributed by atoms with E-state index in [9.17, 15) is 0 Å². The quantitative estimate of drug-likeness (QED) is 0.742. The van der Waals surface area contributed by atoms with Crippen molar-refractivity contribution in [1.29, 1.82) is 0 Å². The third-order valence-corrected chi connectivity index (χ3v) is 2.46. The minimum atomic E-state index is 0.581. The molecule has 0 unspecified atom stereocenters. The van der Waals surface area contributed by atoms with E-state index in [1.165, 1.54) is 30.5 Å². The van der Waals surface area contributed by atoms with Gasteiger partial charge in [-0.05, 0) is 32.4 Å². The molecule has 1 nitrogen and oxygen atoms in total. The molecule has 0 saturated carbocycles. The molecule has 0 heterocycles. The molecular weight excluding hydrogens is 170 g/mol. The first-order chi connectivity index (χ1) is 6.72. The summed E-state index contributed by atoms with van der Waals surface area (Å²) in [7, 11) is 0. The number of rotatable bonds is 5. The largest absolute Gasteiger partial charge is 0.383 e. The van der Waals surface area contributed by atoms with Gasteiger partial charge in [0.15, 0.2) is 0 Å². The van der Waals surface area contributed by atoms with Crippen LogP contribution in [0.5, 0.6) is 0 Å². The molecule has 1 aromatic rings. The van der Waals surface area contributed by atoms with Gasteiger partial charge in [0.1, 0.15) is 0 Å². The Kier molecular flexibility index (Phi) is 4.51. The van der Waals surface area contributed by atoms with Gasteiger partial charge < -0.3 is 5.32 Å². The topological polar surface area (TPSA) is 12.0 Å². The number of anilines is 1. The SMILES string of the molecule is CCCC[C@H](C)Nc1ccc(C)cc1. The average molecular weight is 191 g/mol. The maximum atomic E-state index is 3.50. The van der Waals surface area contributed by atoms with E-state index in [-0.39, 0.29) is 0 Å². The van der Waals surface area contributed by atoms with Crippen LogP contribution >= 0.6 is 0 Å². The molecule has 0 bridgehead atoms. The van der Waals surface area contributed by atoms with Crippen molar-refractivity contribution in [3.8, 4) is 0 Å². The molecule has 0 fully saturated rings. The van der Waals surface area contributed by atoms with Gasteiger partial charge in [0, 0.05) is 11.7 Å². The Hall–Kier alpha value is -0.980. The minimum absolute atomic E-state index is 0.581. The molecule has 0 radical (unpaired) electrons. The number of benzene rings is 1. The highest BCUT2D eigenvalue weighted by atomic mass is 14.9. The van der Waals surface area contributed by atoms with Crippen molar-refractivity contribution < 1.29 is 0 Å². The lowest BCUT2D eigenvalue weighted by molar-refractivity contribution is 0.645. The molecule has 1 aromatic carbocycles. The van der Waals surface area contributed by atoms with Crippen molar-refractivity contribution in [2.24, 2.45) is 0 Å². The smallest absolute Gasteiger partial charge is 0.0342 e. The van der Waals surface area contributed by atoms with Gasteiger partial charge in [-0.3, -0.25) is 0 Å². The number of aryl methyl sites for hydroxylation is 1. The van der Waals surface area contributed by atoms with Crippen molar-refractivity contribution in [3.63, 3.8) is 0 Å². The molecule has 0 saturated heterocycles. The van der Waals surface area contributed by atoms with Gasteiger partial charge in [-0.25, -0.2) is 0 Å². The van der Waals surface area contributed by atoms with Crippen molar-refractivity contribution in [2.45, 2.75) is 46.1 Å². The second-order valence-corrected chi connectivity index (χ2v) is 4.05. The second-order valence-electron chi connectivity index (χ2n) is 4.05. The van der Waals surface area contributed by atoms with Crippen molar-refractivity contribution >= 4 is 5.69 Å². The van der Waals surface area contributed by atoms with Gasteiger partial charge in [0.25, 0.3) is 0 Å².